The molecule has 0 fully saturated rings. The fourth-order valence-corrected chi connectivity index (χ4v) is 6.11. The van der Waals surface area contributed by atoms with Crippen LogP contribution in [0.15, 0.2) is 72.8 Å². The molecule has 4 aromatic rings. The lowest BCUT2D eigenvalue weighted by Crippen LogP contribution is -2.31. The van der Waals surface area contributed by atoms with Crippen LogP contribution in [0.5, 0.6) is 0 Å². The zero-order valence-electron chi connectivity index (χ0n) is 30.8. The van der Waals surface area contributed by atoms with E-state index in [1.54, 1.807) is 0 Å². The fraction of sp³-hybridized carbons (Fsp3) is 0.300. The molecule has 0 aliphatic carbocycles. The first-order valence-electron chi connectivity index (χ1n) is 17.1. The lowest BCUT2D eigenvalue weighted by atomic mass is 9.92. The first-order valence-corrected chi connectivity index (χ1v) is 17.1. The molecule has 0 saturated carbocycles. The maximum Gasteiger partial charge on any atom is 0.347 e. The van der Waals surface area contributed by atoms with E-state index >= 15 is 0 Å². The van der Waals surface area contributed by atoms with Crippen LogP contribution in [-0.4, -0.2) is 33.6 Å². The molecule has 0 unspecified atom stereocenters. The van der Waals surface area contributed by atoms with E-state index in [0.717, 1.165) is 28.9 Å². The molecule has 0 spiro atoms. The summed E-state index contributed by atoms with van der Waals surface area (Å²) in [4.78, 5) is 69.3. The lowest BCUT2D eigenvalue weighted by Gasteiger charge is -2.25. The Hall–Kier alpha value is -6.24. The minimum atomic E-state index is -0.839. The minimum Gasteiger partial charge on any atom is -0.398 e. The molecule has 0 aromatic heterocycles. The number of hydrogen-bond donors (Lipinski definition) is 1. The summed E-state index contributed by atoms with van der Waals surface area (Å²) in [7, 11) is 0. The standard InChI is InChI=1S/C20H20N2O4.C12H19N.C8H3NO5/c1-11(2)14-6-5-7-15(12(3)4)18(14)21-19(23)16-9-8-13(22(25)26)10-17(16)20(21)24;1-8(2)10-6-5-7-11(9(3)4)12(10)13;10-7-5-2-1-4(9(12)13)3-6(5)8(11)14-7/h5-12H,1-4H3;5-9H,13H2,1-4H3;1-3H. The maximum atomic E-state index is 13.0. The van der Waals surface area contributed by atoms with Crippen LogP contribution in [0.3, 0.4) is 0 Å². The normalized spacial score (nSPS) is 13.1. The number of rotatable bonds is 7. The summed E-state index contributed by atoms with van der Waals surface area (Å²) in [6.45, 7) is 16.7. The number of imide groups is 1. The molecular weight excluding hydrogens is 680 g/mol. The van der Waals surface area contributed by atoms with Crippen molar-refractivity contribution in [2.45, 2.75) is 79.1 Å². The monoisotopic (exact) mass is 722 g/mol. The number of para-hydroxylation sites is 2. The number of cyclic esters (lactones) is 2. The third-order valence-electron chi connectivity index (χ3n) is 8.90. The SMILES string of the molecule is CC(C)c1cccc(C(C)C)c1N.CC(C)c1cccc(C(C)C)c1N1C(=O)c2ccc([N+](=O)[O-])cc2C1=O.O=C1OC(=O)c2cc([N+](=O)[O-])ccc21. The zero-order chi connectivity index (χ0) is 39.5. The summed E-state index contributed by atoms with van der Waals surface area (Å²) in [6, 6.07) is 19.3. The highest BCUT2D eigenvalue weighted by molar-refractivity contribution is 6.35. The van der Waals surface area contributed by atoms with E-state index in [4.69, 9.17) is 5.73 Å². The molecule has 0 bridgehead atoms. The van der Waals surface area contributed by atoms with Crippen molar-refractivity contribution in [3.05, 3.63) is 138 Å². The van der Waals surface area contributed by atoms with Gasteiger partial charge in [0.2, 0.25) is 0 Å². The summed E-state index contributed by atoms with van der Waals surface area (Å²) < 4.78 is 4.27. The Bertz CT molecular complexity index is 2080. The molecule has 2 N–H and O–H groups in total. The Balaban J connectivity index is 0.000000196. The van der Waals surface area contributed by atoms with E-state index in [2.05, 4.69) is 50.6 Å². The van der Waals surface area contributed by atoms with Crippen LogP contribution < -0.4 is 10.6 Å². The van der Waals surface area contributed by atoms with Crippen molar-refractivity contribution in [2.24, 2.45) is 0 Å². The molecule has 53 heavy (non-hydrogen) atoms. The number of hydrogen-bond acceptors (Lipinski definition) is 10. The minimum absolute atomic E-state index is 0.0517. The number of nitrogens with zero attached hydrogens (tertiary/aromatic N) is 3. The van der Waals surface area contributed by atoms with Gasteiger partial charge in [-0.25, -0.2) is 14.5 Å². The van der Waals surface area contributed by atoms with Gasteiger partial charge in [-0.15, -0.1) is 0 Å². The number of nitrogens with two attached hydrogens (primary N) is 1. The molecule has 4 aromatic carbocycles. The van der Waals surface area contributed by atoms with Crippen LogP contribution in [0.2, 0.25) is 0 Å². The van der Waals surface area contributed by atoms with Gasteiger partial charge in [-0.05, 0) is 58.1 Å². The molecule has 2 aliphatic rings. The molecule has 13 heteroatoms. The first-order chi connectivity index (χ1) is 24.9. The second-order valence-electron chi connectivity index (χ2n) is 13.9. The van der Waals surface area contributed by atoms with Gasteiger partial charge in [0.1, 0.15) is 0 Å². The first kappa shape index (κ1) is 39.5. The number of benzene rings is 4. The van der Waals surface area contributed by atoms with E-state index in [1.807, 2.05) is 45.9 Å². The molecule has 276 valence electrons. The summed E-state index contributed by atoms with van der Waals surface area (Å²) in [5, 5.41) is 21.4. The van der Waals surface area contributed by atoms with Gasteiger partial charge in [0.25, 0.3) is 23.2 Å². The Morgan fingerprint density at radius 3 is 1.36 bits per heavy atom. The van der Waals surface area contributed by atoms with Crippen molar-refractivity contribution in [3.63, 3.8) is 0 Å². The average Bonchev–Trinajstić information content (AvgIpc) is 3.53. The summed E-state index contributed by atoms with van der Waals surface area (Å²) in [6.07, 6.45) is 0. The topological polar surface area (TPSA) is 193 Å². The number of nitrogen functional groups attached to an aromatic ring is 1. The van der Waals surface area contributed by atoms with Gasteiger partial charge in [0.15, 0.2) is 0 Å². The smallest absolute Gasteiger partial charge is 0.347 e. The highest BCUT2D eigenvalue weighted by Gasteiger charge is 2.40. The van der Waals surface area contributed by atoms with Gasteiger partial charge < -0.3 is 10.5 Å². The number of anilines is 2. The lowest BCUT2D eigenvalue weighted by molar-refractivity contribution is -0.385. The van der Waals surface area contributed by atoms with Crippen LogP contribution in [-0.2, 0) is 4.74 Å². The number of esters is 2. The second kappa shape index (κ2) is 16.0. The zero-order valence-corrected chi connectivity index (χ0v) is 30.8. The second-order valence-corrected chi connectivity index (χ2v) is 13.9. The predicted octanol–water partition coefficient (Wildman–Crippen LogP) is 9.06. The van der Waals surface area contributed by atoms with Crippen molar-refractivity contribution in [3.8, 4) is 0 Å². The molecule has 0 radical (unpaired) electrons. The highest BCUT2D eigenvalue weighted by Crippen LogP contribution is 2.40. The van der Waals surface area contributed by atoms with Crippen molar-refractivity contribution in [2.75, 3.05) is 10.6 Å². The fourth-order valence-electron chi connectivity index (χ4n) is 6.11. The number of ether oxygens (including phenoxy) is 1. The summed E-state index contributed by atoms with van der Waals surface area (Å²) in [5.74, 6) is -1.30. The average molecular weight is 723 g/mol. The molecule has 0 atom stereocenters. The number of carbonyl (C=O) groups is 4. The molecular formula is C40H42N4O9. The van der Waals surface area contributed by atoms with Crippen molar-refractivity contribution < 1.29 is 33.8 Å². The maximum absolute atomic E-state index is 13.0. The highest BCUT2D eigenvalue weighted by atomic mass is 16.6. The Kier molecular flexibility index (Phi) is 11.9. The Morgan fingerprint density at radius 2 is 0.925 bits per heavy atom. The van der Waals surface area contributed by atoms with Gasteiger partial charge in [-0.1, -0.05) is 91.8 Å². The molecule has 6 rings (SSSR count). The van der Waals surface area contributed by atoms with E-state index in [9.17, 15) is 39.4 Å². The van der Waals surface area contributed by atoms with Crippen LogP contribution in [0.4, 0.5) is 22.7 Å². The Labute approximate surface area is 307 Å². The molecule has 2 aliphatic heterocycles. The van der Waals surface area contributed by atoms with E-state index < -0.39 is 33.6 Å². The van der Waals surface area contributed by atoms with Crippen LogP contribution in [0.1, 0.15) is 143 Å². The van der Waals surface area contributed by atoms with Gasteiger partial charge in [0.05, 0.1) is 37.8 Å². The third kappa shape index (κ3) is 8.14. The molecule has 0 saturated heterocycles. The van der Waals surface area contributed by atoms with Crippen LogP contribution in [0, 0.1) is 20.2 Å². The number of nitro groups is 2. The van der Waals surface area contributed by atoms with E-state index in [1.165, 1.54) is 40.3 Å². The van der Waals surface area contributed by atoms with Crippen molar-refractivity contribution >= 4 is 46.5 Å². The number of nitro benzene ring substituents is 2. The molecule has 13 nitrogen and oxygen atoms in total. The number of fused-ring (bicyclic) bond motifs is 2. The quantitative estimate of drug-likeness (QED) is 0.0480. The molecule has 2 heterocycles. The van der Waals surface area contributed by atoms with Gasteiger partial charge in [-0.2, -0.15) is 0 Å². The van der Waals surface area contributed by atoms with Crippen LogP contribution in [0.25, 0.3) is 0 Å². The number of amides is 2. The largest absolute Gasteiger partial charge is 0.398 e. The van der Waals surface area contributed by atoms with Crippen molar-refractivity contribution in [1.82, 2.24) is 0 Å². The summed E-state index contributed by atoms with van der Waals surface area (Å²) >= 11 is 0. The number of non-ortho nitro benzene ring substituents is 2. The molecule has 2 amide bonds. The third-order valence-corrected chi connectivity index (χ3v) is 8.90. The van der Waals surface area contributed by atoms with Gasteiger partial charge >= 0.3 is 11.9 Å². The number of carbonyl (C=O) groups excluding carboxylic acids is 4. The Morgan fingerprint density at radius 1 is 0.547 bits per heavy atom. The van der Waals surface area contributed by atoms with Crippen molar-refractivity contribution in [1.29, 1.82) is 0 Å². The van der Waals surface area contributed by atoms with Gasteiger partial charge in [0, 0.05) is 30.0 Å². The summed E-state index contributed by atoms with van der Waals surface area (Å²) in [5.41, 5.74) is 11.9. The van der Waals surface area contributed by atoms with Crippen LogP contribution >= 0.6 is 0 Å². The van der Waals surface area contributed by atoms with Gasteiger partial charge in [-0.3, -0.25) is 29.8 Å². The van der Waals surface area contributed by atoms with E-state index in [-0.39, 0.29) is 45.5 Å². The van der Waals surface area contributed by atoms with E-state index in [0.29, 0.717) is 17.5 Å². The predicted molar refractivity (Wildman–Crippen MR) is 201 cm³/mol.